The molecule has 0 radical (unpaired) electrons. The molecule has 32 heavy (non-hydrogen) atoms. The highest BCUT2D eigenvalue weighted by atomic mass is 32.1. The van der Waals surface area contributed by atoms with Gasteiger partial charge in [-0.3, -0.25) is 14.3 Å². The molecule has 4 heterocycles. The van der Waals surface area contributed by atoms with Gasteiger partial charge in [0.15, 0.2) is 0 Å². The van der Waals surface area contributed by atoms with Crippen LogP contribution in [0.3, 0.4) is 0 Å². The van der Waals surface area contributed by atoms with Crippen LogP contribution in [-0.4, -0.2) is 57.1 Å². The lowest BCUT2D eigenvalue weighted by Crippen LogP contribution is -2.48. The predicted molar refractivity (Wildman–Crippen MR) is 116 cm³/mol. The predicted octanol–water partition coefficient (Wildman–Crippen LogP) is 2.97. The topological polar surface area (TPSA) is 67.2 Å². The first-order valence-corrected chi connectivity index (χ1v) is 11.6. The fraction of sp³-hybridized carbons (Fsp3) is 0.524. The van der Waals surface area contributed by atoms with Gasteiger partial charge in [0.25, 0.3) is 5.56 Å². The highest BCUT2D eigenvalue weighted by molar-refractivity contribution is 7.18. The summed E-state index contributed by atoms with van der Waals surface area (Å²) in [5.74, 6) is 0.104. The lowest BCUT2D eigenvalue weighted by Gasteiger charge is -2.34. The molecule has 1 aliphatic heterocycles. The zero-order valence-electron chi connectivity index (χ0n) is 17.4. The fourth-order valence-corrected chi connectivity index (χ4v) is 5.64. The van der Waals surface area contributed by atoms with Gasteiger partial charge in [-0.1, -0.05) is 0 Å². The van der Waals surface area contributed by atoms with E-state index in [-0.39, 0.29) is 11.5 Å². The van der Waals surface area contributed by atoms with Crippen molar-refractivity contribution in [1.29, 1.82) is 0 Å². The number of rotatable bonds is 4. The molecule has 1 aliphatic carbocycles. The van der Waals surface area contributed by atoms with Gasteiger partial charge in [0.2, 0.25) is 5.95 Å². The first-order valence-electron chi connectivity index (χ1n) is 10.8. The van der Waals surface area contributed by atoms with Crippen LogP contribution >= 0.6 is 11.3 Å². The van der Waals surface area contributed by atoms with Crippen molar-refractivity contribution in [3.8, 4) is 0 Å². The Balaban J connectivity index is 1.23. The number of alkyl halides is 3. The van der Waals surface area contributed by atoms with E-state index >= 15 is 0 Å². The first kappa shape index (κ1) is 21.3. The Morgan fingerprint density at radius 3 is 2.59 bits per heavy atom. The largest absolute Gasteiger partial charge is 0.433 e. The van der Waals surface area contributed by atoms with Crippen LogP contribution in [0.25, 0.3) is 10.2 Å². The van der Waals surface area contributed by atoms with Gasteiger partial charge in [0.1, 0.15) is 10.5 Å². The van der Waals surface area contributed by atoms with Crippen LogP contribution in [0.15, 0.2) is 23.4 Å². The molecule has 1 fully saturated rings. The molecule has 11 heteroatoms. The smallest absolute Gasteiger partial charge is 0.338 e. The number of piperazine rings is 1. The number of fused-ring (bicyclic) bond motifs is 3. The molecule has 0 aromatic carbocycles. The number of aromatic nitrogens is 4. The number of hydrogen-bond acceptors (Lipinski definition) is 7. The zero-order valence-corrected chi connectivity index (χ0v) is 18.3. The van der Waals surface area contributed by atoms with Crippen molar-refractivity contribution in [2.24, 2.45) is 0 Å². The van der Waals surface area contributed by atoms with Gasteiger partial charge in [0.05, 0.1) is 11.7 Å². The Bertz CT molecular complexity index is 1180. The Morgan fingerprint density at radius 2 is 1.81 bits per heavy atom. The summed E-state index contributed by atoms with van der Waals surface area (Å²) in [6.07, 6.45) is 2.59. The molecule has 1 saturated heterocycles. The highest BCUT2D eigenvalue weighted by Crippen LogP contribution is 2.33. The van der Waals surface area contributed by atoms with Crippen molar-refractivity contribution in [1.82, 2.24) is 24.4 Å². The third kappa shape index (κ3) is 4.11. The summed E-state index contributed by atoms with van der Waals surface area (Å²) in [4.78, 5) is 31.4. The molecule has 0 saturated carbocycles. The van der Waals surface area contributed by atoms with Gasteiger partial charge in [-0.05, 0) is 37.3 Å². The molecule has 5 rings (SSSR count). The summed E-state index contributed by atoms with van der Waals surface area (Å²) in [5, 5.41) is 0.790. The Morgan fingerprint density at radius 1 is 1.03 bits per heavy atom. The minimum absolute atomic E-state index is 0.0328. The van der Waals surface area contributed by atoms with Crippen LogP contribution in [0.4, 0.5) is 19.1 Å². The van der Waals surface area contributed by atoms with Crippen LogP contribution < -0.4 is 10.5 Å². The van der Waals surface area contributed by atoms with Crippen molar-refractivity contribution in [2.75, 3.05) is 37.6 Å². The third-order valence-electron chi connectivity index (χ3n) is 6.19. The third-order valence-corrected chi connectivity index (χ3v) is 7.39. The molecule has 0 spiro atoms. The van der Waals surface area contributed by atoms with E-state index in [1.165, 1.54) is 16.9 Å². The molecule has 0 amide bonds. The minimum atomic E-state index is -4.48. The summed E-state index contributed by atoms with van der Waals surface area (Å²) in [7, 11) is 0. The van der Waals surface area contributed by atoms with Gasteiger partial charge >= 0.3 is 6.18 Å². The minimum Gasteiger partial charge on any atom is -0.338 e. The molecule has 0 atom stereocenters. The van der Waals surface area contributed by atoms with E-state index in [1.54, 1.807) is 27.1 Å². The van der Waals surface area contributed by atoms with Gasteiger partial charge in [0, 0.05) is 50.3 Å². The SMILES string of the molecule is O=c1c2c3c(sc2ncn1CCN1CCN(c2nccc(C(F)(F)F)n2)CC1)CCCC3. The van der Waals surface area contributed by atoms with Crippen molar-refractivity contribution in [3.63, 3.8) is 0 Å². The number of thiophene rings is 1. The monoisotopic (exact) mass is 464 g/mol. The van der Waals surface area contributed by atoms with E-state index < -0.39 is 11.9 Å². The summed E-state index contributed by atoms with van der Waals surface area (Å²) >= 11 is 1.65. The standard InChI is InChI=1S/C21H23F3N6OS/c22-21(23,24)16-5-6-25-20(27-16)29-10-7-28(8-11-29)9-12-30-13-26-18-17(19(30)31)14-3-1-2-4-15(14)32-18/h5-6,13H,1-4,7-12H2. The molecule has 0 unspecified atom stereocenters. The maximum absolute atomic E-state index is 13.1. The number of hydrogen-bond donors (Lipinski definition) is 0. The van der Waals surface area contributed by atoms with Crippen molar-refractivity contribution < 1.29 is 13.2 Å². The lowest BCUT2D eigenvalue weighted by atomic mass is 9.97. The Hall–Kier alpha value is -2.53. The van der Waals surface area contributed by atoms with Crippen molar-refractivity contribution >= 4 is 27.5 Å². The van der Waals surface area contributed by atoms with E-state index in [2.05, 4.69) is 19.9 Å². The number of aryl methyl sites for hydroxylation is 2. The van der Waals surface area contributed by atoms with Crippen LogP contribution in [0.1, 0.15) is 29.0 Å². The summed E-state index contributed by atoms with van der Waals surface area (Å²) < 4.78 is 40.4. The van der Waals surface area contributed by atoms with E-state index in [9.17, 15) is 18.0 Å². The second kappa shape index (κ2) is 8.43. The molecule has 3 aromatic rings. The van der Waals surface area contributed by atoms with Crippen molar-refractivity contribution in [2.45, 2.75) is 38.4 Å². The number of anilines is 1. The molecule has 170 valence electrons. The maximum Gasteiger partial charge on any atom is 0.433 e. The summed E-state index contributed by atoms with van der Waals surface area (Å²) in [5.41, 5.74) is 0.297. The fourth-order valence-electron chi connectivity index (χ4n) is 4.42. The highest BCUT2D eigenvalue weighted by Gasteiger charge is 2.33. The normalized spacial score (nSPS) is 17.7. The zero-order chi connectivity index (χ0) is 22.3. The van der Waals surface area contributed by atoms with Gasteiger partial charge in [-0.15, -0.1) is 11.3 Å². The molecular weight excluding hydrogens is 441 g/mol. The van der Waals surface area contributed by atoms with Gasteiger partial charge in [-0.2, -0.15) is 13.2 Å². The number of nitrogens with zero attached hydrogens (tertiary/aromatic N) is 6. The number of halogens is 3. The quantitative estimate of drug-likeness (QED) is 0.592. The second-order valence-electron chi connectivity index (χ2n) is 8.20. The van der Waals surface area contributed by atoms with E-state index in [0.717, 1.165) is 41.7 Å². The molecule has 7 nitrogen and oxygen atoms in total. The van der Waals surface area contributed by atoms with Crippen LogP contribution in [0, 0.1) is 0 Å². The lowest BCUT2D eigenvalue weighted by molar-refractivity contribution is -0.141. The molecular formula is C21H23F3N6OS. The van der Waals surface area contributed by atoms with Crippen molar-refractivity contribution in [3.05, 3.63) is 45.1 Å². The molecule has 2 aliphatic rings. The Kier molecular flexibility index (Phi) is 5.62. The van der Waals surface area contributed by atoms with Gasteiger partial charge in [-0.25, -0.2) is 15.0 Å². The average Bonchev–Trinajstić information content (AvgIpc) is 3.18. The van der Waals surface area contributed by atoms with Crippen LogP contribution in [0.2, 0.25) is 0 Å². The van der Waals surface area contributed by atoms with Crippen LogP contribution in [-0.2, 0) is 25.6 Å². The maximum atomic E-state index is 13.1. The Labute approximate surface area is 186 Å². The van der Waals surface area contributed by atoms with E-state index in [0.29, 0.717) is 39.3 Å². The summed E-state index contributed by atoms with van der Waals surface area (Å²) in [6.45, 7) is 3.61. The second-order valence-corrected chi connectivity index (χ2v) is 9.29. The van der Waals surface area contributed by atoms with E-state index in [4.69, 9.17) is 0 Å². The molecule has 0 bridgehead atoms. The van der Waals surface area contributed by atoms with Crippen LogP contribution in [0.5, 0.6) is 0 Å². The first-order chi connectivity index (χ1) is 15.4. The van der Waals surface area contributed by atoms with E-state index in [1.807, 2.05) is 0 Å². The van der Waals surface area contributed by atoms with Gasteiger partial charge < -0.3 is 4.90 Å². The average molecular weight is 465 g/mol. The molecule has 3 aromatic heterocycles. The molecule has 0 N–H and O–H groups in total. The summed E-state index contributed by atoms with van der Waals surface area (Å²) in [6, 6.07) is 0.882.